The van der Waals surface area contributed by atoms with E-state index in [1.165, 1.54) is 10.9 Å². The Kier molecular flexibility index (Phi) is 2.87. The van der Waals surface area contributed by atoms with E-state index >= 15 is 0 Å². The molecule has 0 amide bonds. The molecule has 0 aliphatic carbocycles. The molecular weight excluding hydrogens is 230 g/mol. The summed E-state index contributed by atoms with van der Waals surface area (Å²) < 4.78 is 1.46. The molecular formula is C10H8ClN3O2. The highest BCUT2D eigenvalue weighted by Gasteiger charge is 2.07. The lowest BCUT2D eigenvalue weighted by atomic mass is 10.2. The van der Waals surface area contributed by atoms with Crippen LogP contribution in [0.15, 0.2) is 30.5 Å². The molecule has 0 saturated carbocycles. The second-order valence-electron chi connectivity index (χ2n) is 3.23. The van der Waals surface area contributed by atoms with Crippen molar-refractivity contribution in [2.45, 2.75) is 6.54 Å². The predicted molar refractivity (Wildman–Crippen MR) is 57.5 cm³/mol. The third-order valence-corrected chi connectivity index (χ3v) is 2.27. The number of aromatic carboxylic acids is 1. The molecule has 0 saturated heterocycles. The average molecular weight is 238 g/mol. The fourth-order valence-electron chi connectivity index (χ4n) is 1.25. The van der Waals surface area contributed by atoms with Crippen molar-refractivity contribution in [2.24, 2.45) is 0 Å². The van der Waals surface area contributed by atoms with Crippen molar-refractivity contribution in [3.8, 4) is 0 Å². The maximum absolute atomic E-state index is 10.6. The summed E-state index contributed by atoms with van der Waals surface area (Å²) in [6, 6.07) is 7.24. The molecule has 82 valence electrons. The molecule has 1 aromatic carbocycles. The van der Waals surface area contributed by atoms with Gasteiger partial charge in [0, 0.05) is 5.02 Å². The van der Waals surface area contributed by atoms with E-state index in [-0.39, 0.29) is 5.69 Å². The molecule has 0 spiro atoms. The number of carbonyl (C=O) groups is 1. The summed E-state index contributed by atoms with van der Waals surface area (Å²) in [5.74, 6) is -1.08. The minimum Gasteiger partial charge on any atom is -0.476 e. The minimum atomic E-state index is -1.08. The molecule has 1 aromatic heterocycles. The first kappa shape index (κ1) is 10.6. The Labute approximate surface area is 96.3 Å². The van der Waals surface area contributed by atoms with Gasteiger partial charge in [-0.25, -0.2) is 9.48 Å². The van der Waals surface area contributed by atoms with Gasteiger partial charge in [-0.15, -0.1) is 5.10 Å². The molecule has 0 fully saturated rings. The summed E-state index contributed by atoms with van der Waals surface area (Å²) in [6.45, 7) is 0.470. The number of halogens is 1. The molecule has 5 nitrogen and oxygen atoms in total. The quantitative estimate of drug-likeness (QED) is 0.882. The number of hydrogen-bond donors (Lipinski definition) is 1. The second-order valence-corrected chi connectivity index (χ2v) is 3.67. The molecule has 0 radical (unpaired) electrons. The number of nitrogens with zero attached hydrogens (tertiary/aromatic N) is 3. The standard InChI is InChI=1S/C10H8ClN3O2/c11-8-3-1-7(2-4-8)5-14-6-9(10(15)16)12-13-14/h1-4,6H,5H2,(H,15,16). The largest absolute Gasteiger partial charge is 0.476 e. The number of carboxylic acid groups (broad SMARTS) is 1. The predicted octanol–water partition coefficient (Wildman–Crippen LogP) is 1.68. The highest BCUT2D eigenvalue weighted by Crippen LogP contribution is 2.10. The van der Waals surface area contributed by atoms with Gasteiger partial charge in [0.05, 0.1) is 12.7 Å². The lowest BCUT2D eigenvalue weighted by Crippen LogP contribution is -2.00. The molecule has 0 aliphatic rings. The summed E-state index contributed by atoms with van der Waals surface area (Å²) >= 11 is 5.75. The van der Waals surface area contributed by atoms with Gasteiger partial charge in [-0.05, 0) is 17.7 Å². The van der Waals surface area contributed by atoms with Crippen LogP contribution in [0.1, 0.15) is 16.1 Å². The molecule has 16 heavy (non-hydrogen) atoms. The summed E-state index contributed by atoms with van der Waals surface area (Å²) in [6.07, 6.45) is 1.39. The zero-order valence-corrected chi connectivity index (χ0v) is 8.92. The zero-order chi connectivity index (χ0) is 11.5. The Balaban J connectivity index is 2.14. The van der Waals surface area contributed by atoms with Crippen LogP contribution in [0.25, 0.3) is 0 Å². The smallest absolute Gasteiger partial charge is 0.358 e. The first-order chi connectivity index (χ1) is 7.65. The van der Waals surface area contributed by atoms with E-state index in [1.807, 2.05) is 12.1 Å². The van der Waals surface area contributed by atoms with Crippen LogP contribution in [-0.2, 0) is 6.54 Å². The summed E-state index contributed by atoms with van der Waals surface area (Å²) in [5, 5.41) is 16.6. The van der Waals surface area contributed by atoms with Gasteiger partial charge in [0.2, 0.25) is 0 Å². The maximum atomic E-state index is 10.6. The molecule has 6 heteroatoms. The fraction of sp³-hybridized carbons (Fsp3) is 0.100. The Morgan fingerprint density at radius 3 is 2.62 bits per heavy atom. The minimum absolute atomic E-state index is 0.0611. The van der Waals surface area contributed by atoms with Crippen molar-refractivity contribution < 1.29 is 9.90 Å². The van der Waals surface area contributed by atoms with Crippen LogP contribution in [0, 0.1) is 0 Å². The first-order valence-electron chi connectivity index (χ1n) is 4.53. The molecule has 2 aromatic rings. The average Bonchev–Trinajstić information content (AvgIpc) is 2.70. The molecule has 0 aliphatic heterocycles. The van der Waals surface area contributed by atoms with Gasteiger partial charge in [0.25, 0.3) is 0 Å². The third kappa shape index (κ3) is 2.38. The van der Waals surface area contributed by atoms with Crippen molar-refractivity contribution >= 4 is 17.6 Å². The van der Waals surface area contributed by atoms with Crippen molar-refractivity contribution in [1.82, 2.24) is 15.0 Å². The van der Waals surface area contributed by atoms with Crippen LogP contribution in [0.5, 0.6) is 0 Å². The van der Waals surface area contributed by atoms with Gasteiger partial charge in [-0.2, -0.15) is 0 Å². The van der Waals surface area contributed by atoms with Crippen molar-refractivity contribution in [3.63, 3.8) is 0 Å². The van der Waals surface area contributed by atoms with Gasteiger partial charge in [0.1, 0.15) is 0 Å². The number of benzene rings is 1. The zero-order valence-electron chi connectivity index (χ0n) is 8.17. The van der Waals surface area contributed by atoms with Gasteiger partial charge >= 0.3 is 5.97 Å². The lowest BCUT2D eigenvalue weighted by Gasteiger charge is -2.00. The van der Waals surface area contributed by atoms with Crippen LogP contribution >= 0.6 is 11.6 Å². The van der Waals surface area contributed by atoms with Crippen molar-refractivity contribution in [3.05, 3.63) is 46.7 Å². The van der Waals surface area contributed by atoms with E-state index in [2.05, 4.69) is 10.3 Å². The SMILES string of the molecule is O=C(O)c1cn(Cc2ccc(Cl)cc2)nn1. The van der Waals surface area contributed by atoms with Crippen LogP contribution in [0.3, 0.4) is 0 Å². The molecule has 0 unspecified atom stereocenters. The number of hydrogen-bond acceptors (Lipinski definition) is 3. The Morgan fingerprint density at radius 2 is 2.06 bits per heavy atom. The molecule has 1 heterocycles. The van der Waals surface area contributed by atoms with E-state index in [4.69, 9.17) is 16.7 Å². The van der Waals surface area contributed by atoms with E-state index in [0.717, 1.165) is 5.56 Å². The summed E-state index contributed by atoms with van der Waals surface area (Å²) in [4.78, 5) is 10.6. The summed E-state index contributed by atoms with van der Waals surface area (Å²) in [5.41, 5.74) is 0.917. The van der Waals surface area contributed by atoms with Gasteiger partial charge in [-0.3, -0.25) is 0 Å². The first-order valence-corrected chi connectivity index (χ1v) is 4.91. The molecule has 0 bridgehead atoms. The van der Waals surface area contributed by atoms with E-state index in [0.29, 0.717) is 11.6 Å². The normalized spacial score (nSPS) is 10.3. The highest BCUT2D eigenvalue weighted by atomic mass is 35.5. The van der Waals surface area contributed by atoms with Gasteiger partial charge < -0.3 is 5.11 Å². The third-order valence-electron chi connectivity index (χ3n) is 2.02. The number of aromatic nitrogens is 3. The van der Waals surface area contributed by atoms with Crippen molar-refractivity contribution in [1.29, 1.82) is 0 Å². The maximum Gasteiger partial charge on any atom is 0.358 e. The van der Waals surface area contributed by atoms with Crippen LogP contribution in [-0.4, -0.2) is 26.1 Å². The number of carboxylic acids is 1. The van der Waals surface area contributed by atoms with Gasteiger partial charge in [-0.1, -0.05) is 28.9 Å². The monoisotopic (exact) mass is 237 g/mol. The summed E-state index contributed by atoms with van der Waals surface area (Å²) in [7, 11) is 0. The topological polar surface area (TPSA) is 68.0 Å². The van der Waals surface area contributed by atoms with E-state index < -0.39 is 5.97 Å². The van der Waals surface area contributed by atoms with E-state index in [9.17, 15) is 4.79 Å². The van der Waals surface area contributed by atoms with Crippen LogP contribution < -0.4 is 0 Å². The highest BCUT2D eigenvalue weighted by molar-refractivity contribution is 6.30. The van der Waals surface area contributed by atoms with E-state index in [1.54, 1.807) is 12.1 Å². The Morgan fingerprint density at radius 1 is 1.38 bits per heavy atom. The molecule has 2 rings (SSSR count). The Hall–Kier alpha value is -1.88. The van der Waals surface area contributed by atoms with Crippen LogP contribution in [0.2, 0.25) is 5.02 Å². The Bertz CT molecular complexity index is 507. The lowest BCUT2D eigenvalue weighted by molar-refractivity contribution is 0.0690. The molecule has 1 N–H and O–H groups in total. The molecule has 0 atom stereocenters. The second kappa shape index (κ2) is 4.32. The fourth-order valence-corrected chi connectivity index (χ4v) is 1.38. The van der Waals surface area contributed by atoms with Crippen molar-refractivity contribution in [2.75, 3.05) is 0 Å². The van der Waals surface area contributed by atoms with Gasteiger partial charge in [0.15, 0.2) is 5.69 Å². The number of rotatable bonds is 3. The van der Waals surface area contributed by atoms with Crippen LogP contribution in [0.4, 0.5) is 0 Å².